The molecule has 0 aliphatic heterocycles. The van der Waals surface area contributed by atoms with Crippen molar-refractivity contribution < 1.29 is 13.9 Å². The van der Waals surface area contributed by atoms with Gasteiger partial charge in [0.25, 0.3) is 0 Å². The van der Waals surface area contributed by atoms with Gasteiger partial charge in [-0.15, -0.1) is 0 Å². The fraction of sp³-hybridized carbons (Fsp3) is 0.0952. The average Bonchev–Trinajstić information content (AvgIpc) is 2.66. The third-order valence-electron chi connectivity index (χ3n) is 3.80. The summed E-state index contributed by atoms with van der Waals surface area (Å²) in [7, 11) is 0. The molecule has 3 aromatic carbocycles. The van der Waals surface area contributed by atoms with E-state index < -0.39 is 11.9 Å². The molecular weight excluding hydrogens is 367 g/mol. The van der Waals surface area contributed by atoms with Gasteiger partial charge in [-0.3, -0.25) is 4.79 Å². The van der Waals surface area contributed by atoms with Gasteiger partial charge in [0.05, 0.1) is 10.7 Å². The number of rotatable bonds is 6. The van der Waals surface area contributed by atoms with E-state index in [1.807, 2.05) is 54.6 Å². The Hall–Kier alpha value is -3.05. The highest BCUT2D eigenvalue weighted by Gasteiger charge is 2.14. The van der Waals surface area contributed by atoms with E-state index in [-0.39, 0.29) is 10.9 Å². The van der Waals surface area contributed by atoms with Crippen LogP contribution in [0.15, 0.2) is 72.8 Å². The number of anilines is 2. The monoisotopic (exact) mass is 384 g/mol. The summed E-state index contributed by atoms with van der Waals surface area (Å²) < 4.78 is 18.8. The zero-order chi connectivity index (χ0) is 19.2. The average molecular weight is 385 g/mol. The number of para-hydroxylation sites is 1. The molecule has 0 radical (unpaired) electrons. The highest BCUT2D eigenvalue weighted by molar-refractivity contribution is 6.33. The largest absolute Gasteiger partial charge is 0.457 e. The number of carbonyl (C=O) groups is 1. The standard InChI is InChI=1S/C21H18ClFN2O2/c1-14(21(26)25-20-12-7-15(23)13-19(20)22)24-16-8-10-18(11-9-16)27-17-5-3-2-4-6-17/h2-14,24H,1H3,(H,25,26)/t14-/m0/s1. The van der Waals surface area contributed by atoms with E-state index >= 15 is 0 Å². The third-order valence-corrected chi connectivity index (χ3v) is 4.11. The Balaban J connectivity index is 1.58. The zero-order valence-electron chi connectivity index (χ0n) is 14.6. The van der Waals surface area contributed by atoms with E-state index in [4.69, 9.17) is 16.3 Å². The summed E-state index contributed by atoms with van der Waals surface area (Å²) in [5.41, 5.74) is 1.13. The van der Waals surface area contributed by atoms with Crippen molar-refractivity contribution in [1.29, 1.82) is 0 Å². The Morgan fingerprint density at radius 1 is 1.00 bits per heavy atom. The van der Waals surface area contributed by atoms with Gasteiger partial charge in [-0.1, -0.05) is 29.8 Å². The maximum Gasteiger partial charge on any atom is 0.246 e. The van der Waals surface area contributed by atoms with Crippen molar-refractivity contribution in [2.45, 2.75) is 13.0 Å². The SMILES string of the molecule is C[C@H](Nc1ccc(Oc2ccccc2)cc1)C(=O)Nc1ccc(F)cc1Cl. The first-order valence-corrected chi connectivity index (χ1v) is 8.74. The van der Waals surface area contributed by atoms with Gasteiger partial charge in [0, 0.05) is 5.69 Å². The van der Waals surface area contributed by atoms with Gasteiger partial charge in [-0.2, -0.15) is 0 Å². The summed E-state index contributed by atoms with van der Waals surface area (Å²) in [6.07, 6.45) is 0. The van der Waals surface area contributed by atoms with Crippen molar-refractivity contribution in [1.82, 2.24) is 0 Å². The van der Waals surface area contributed by atoms with Crippen molar-refractivity contribution in [2.75, 3.05) is 10.6 Å². The van der Waals surface area contributed by atoms with Gasteiger partial charge in [0.1, 0.15) is 23.4 Å². The summed E-state index contributed by atoms with van der Waals surface area (Å²) in [6.45, 7) is 1.72. The Bertz CT molecular complexity index is 917. The van der Waals surface area contributed by atoms with Crippen LogP contribution in [0.1, 0.15) is 6.92 Å². The number of ether oxygens (including phenoxy) is 1. The van der Waals surface area contributed by atoms with E-state index in [1.54, 1.807) is 6.92 Å². The number of hydrogen-bond acceptors (Lipinski definition) is 3. The molecule has 0 saturated heterocycles. The molecule has 0 aliphatic carbocycles. The molecule has 6 heteroatoms. The molecule has 27 heavy (non-hydrogen) atoms. The zero-order valence-corrected chi connectivity index (χ0v) is 15.3. The summed E-state index contributed by atoms with van der Waals surface area (Å²) in [5, 5.41) is 5.93. The molecule has 2 N–H and O–H groups in total. The minimum atomic E-state index is -0.521. The van der Waals surface area contributed by atoms with E-state index in [2.05, 4.69) is 10.6 Å². The van der Waals surface area contributed by atoms with Crippen molar-refractivity contribution in [3.8, 4) is 11.5 Å². The van der Waals surface area contributed by atoms with Crippen LogP contribution in [-0.4, -0.2) is 11.9 Å². The van der Waals surface area contributed by atoms with Crippen LogP contribution in [0, 0.1) is 5.82 Å². The van der Waals surface area contributed by atoms with E-state index in [9.17, 15) is 9.18 Å². The van der Waals surface area contributed by atoms with Crippen LogP contribution in [0.25, 0.3) is 0 Å². The minimum Gasteiger partial charge on any atom is -0.457 e. The number of hydrogen-bond donors (Lipinski definition) is 2. The van der Waals surface area contributed by atoms with Gasteiger partial charge < -0.3 is 15.4 Å². The normalized spacial score (nSPS) is 11.5. The Kier molecular flexibility index (Phi) is 5.94. The van der Waals surface area contributed by atoms with Crippen LogP contribution in [-0.2, 0) is 4.79 Å². The second-order valence-corrected chi connectivity index (χ2v) is 6.33. The number of benzene rings is 3. The number of halogens is 2. The predicted octanol–water partition coefficient (Wildman–Crippen LogP) is 5.71. The molecule has 0 heterocycles. The lowest BCUT2D eigenvalue weighted by Gasteiger charge is -2.16. The van der Waals surface area contributed by atoms with E-state index in [1.165, 1.54) is 12.1 Å². The minimum absolute atomic E-state index is 0.151. The molecule has 1 amide bonds. The third kappa shape index (κ3) is 5.21. The van der Waals surface area contributed by atoms with Crippen molar-refractivity contribution in [3.05, 3.63) is 83.6 Å². The van der Waals surface area contributed by atoms with E-state index in [0.717, 1.165) is 17.5 Å². The maximum atomic E-state index is 13.1. The second-order valence-electron chi connectivity index (χ2n) is 5.92. The highest BCUT2D eigenvalue weighted by Crippen LogP contribution is 2.24. The van der Waals surface area contributed by atoms with Crippen molar-refractivity contribution >= 4 is 28.9 Å². The first kappa shape index (κ1) is 18.7. The Labute approximate surface area is 161 Å². The van der Waals surface area contributed by atoms with E-state index in [0.29, 0.717) is 11.4 Å². The van der Waals surface area contributed by atoms with Gasteiger partial charge in [0.15, 0.2) is 0 Å². The fourth-order valence-corrected chi connectivity index (χ4v) is 2.61. The summed E-state index contributed by atoms with van der Waals surface area (Å²) in [6, 6.07) is 20.1. The highest BCUT2D eigenvalue weighted by atomic mass is 35.5. The molecule has 0 spiro atoms. The number of amides is 1. The van der Waals surface area contributed by atoms with Crippen LogP contribution < -0.4 is 15.4 Å². The molecule has 0 unspecified atom stereocenters. The lowest BCUT2D eigenvalue weighted by molar-refractivity contribution is -0.116. The van der Waals surface area contributed by atoms with Crippen LogP contribution in [0.4, 0.5) is 15.8 Å². The van der Waals surface area contributed by atoms with Gasteiger partial charge in [-0.25, -0.2) is 4.39 Å². The first-order valence-electron chi connectivity index (χ1n) is 8.37. The molecule has 3 aromatic rings. The van der Waals surface area contributed by atoms with Gasteiger partial charge >= 0.3 is 0 Å². The summed E-state index contributed by atoms with van der Waals surface area (Å²) in [5.74, 6) is 0.708. The lowest BCUT2D eigenvalue weighted by atomic mass is 10.2. The van der Waals surface area contributed by atoms with Gasteiger partial charge in [0.2, 0.25) is 5.91 Å². The van der Waals surface area contributed by atoms with Crippen LogP contribution in [0.5, 0.6) is 11.5 Å². The number of carbonyl (C=O) groups excluding carboxylic acids is 1. The van der Waals surface area contributed by atoms with Crippen molar-refractivity contribution in [2.24, 2.45) is 0 Å². The fourth-order valence-electron chi connectivity index (χ4n) is 2.39. The molecule has 1 atom stereocenters. The molecule has 0 saturated carbocycles. The van der Waals surface area contributed by atoms with Crippen LogP contribution in [0.3, 0.4) is 0 Å². The molecule has 0 aliphatic rings. The molecule has 138 valence electrons. The molecule has 3 rings (SSSR count). The first-order chi connectivity index (χ1) is 13.0. The molecule has 0 fully saturated rings. The Morgan fingerprint density at radius 2 is 1.67 bits per heavy atom. The quantitative estimate of drug-likeness (QED) is 0.572. The molecular formula is C21H18ClFN2O2. The van der Waals surface area contributed by atoms with Crippen molar-refractivity contribution in [3.63, 3.8) is 0 Å². The second kappa shape index (κ2) is 8.56. The van der Waals surface area contributed by atoms with Crippen LogP contribution in [0.2, 0.25) is 5.02 Å². The molecule has 0 bridgehead atoms. The molecule has 0 aromatic heterocycles. The Morgan fingerprint density at radius 3 is 2.33 bits per heavy atom. The lowest BCUT2D eigenvalue weighted by Crippen LogP contribution is -2.31. The topological polar surface area (TPSA) is 50.4 Å². The van der Waals surface area contributed by atoms with Crippen LogP contribution >= 0.6 is 11.6 Å². The number of nitrogens with one attached hydrogen (secondary N) is 2. The summed E-state index contributed by atoms with van der Waals surface area (Å²) >= 11 is 5.93. The maximum absolute atomic E-state index is 13.1. The predicted molar refractivity (Wildman–Crippen MR) is 106 cm³/mol. The summed E-state index contributed by atoms with van der Waals surface area (Å²) in [4.78, 5) is 12.3. The van der Waals surface area contributed by atoms with Gasteiger partial charge in [-0.05, 0) is 61.5 Å². The smallest absolute Gasteiger partial charge is 0.246 e. The molecule has 4 nitrogen and oxygen atoms in total.